The Kier molecular flexibility index (Phi) is 4.24. The lowest BCUT2D eigenvalue weighted by Gasteiger charge is -2.39. The summed E-state index contributed by atoms with van der Waals surface area (Å²) in [6.07, 6.45) is 8.70. The molecule has 5 nitrogen and oxygen atoms in total. The molecule has 25 heavy (non-hydrogen) atoms. The topological polar surface area (TPSA) is 47.4 Å². The SMILES string of the molecule is COc1ccccc1CC(=O)N1C2CCC1CC(n1cc(C)cn1)C2. The molecule has 2 saturated heterocycles. The summed E-state index contributed by atoms with van der Waals surface area (Å²) in [7, 11) is 1.66. The van der Waals surface area contributed by atoms with Crippen molar-refractivity contribution in [3.63, 3.8) is 0 Å². The van der Waals surface area contributed by atoms with E-state index in [2.05, 4.69) is 27.8 Å². The largest absolute Gasteiger partial charge is 0.496 e. The lowest BCUT2D eigenvalue weighted by molar-refractivity contribution is -0.135. The molecule has 2 bridgehead atoms. The van der Waals surface area contributed by atoms with E-state index < -0.39 is 0 Å². The molecule has 0 saturated carbocycles. The Morgan fingerprint density at radius 3 is 2.56 bits per heavy atom. The van der Waals surface area contributed by atoms with Crippen molar-refractivity contribution >= 4 is 5.91 Å². The van der Waals surface area contributed by atoms with Crippen LogP contribution < -0.4 is 4.74 Å². The van der Waals surface area contributed by atoms with Gasteiger partial charge in [0, 0.05) is 23.8 Å². The van der Waals surface area contributed by atoms with Crippen LogP contribution in [0.2, 0.25) is 0 Å². The second kappa shape index (κ2) is 6.54. The van der Waals surface area contributed by atoms with E-state index in [-0.39, 0.29) is 5.91 Å². The molecule has 2 atom stereocenters. The first-order valence-corrected chi connectivity index (χ1v) is 9.09. The molecule has 2 aliphatic rings. The number of aryl methyl sites for hydroxylation is 1. The number of carbonyl (C=O) groups is 1. The van der Waals surface area contributed by atoms with Gasteiger partial charge in [-0.2, -0.15) is 5.10 Å². The Bertz CT molecular complexity index is 756. The van der Waals surface area contributed by atoms with Gasteiger partial charge >= 0.3 is 0 Å². The number of carbonyl (C=O) groups excluding carboxylic acids is 1. The Morgan fingerprint density at radius 1 is 1.20 bits per heavy atom. The van der Waals surface area contributed by atoms with E-state index in [1.165, 1.54) is 5.56 Å². The highest BCUT2D eigenvalue weighted by molar-refractivity contribution is 5.80. The van der Waals surface area contributed by atoms with Gasteiger partial charge in [0.05, 0.1) is 25.8 Å². The van der Waals surface area contributed by atoms with Crippen molar-refractivity contribution in [2.24, 2.45) is 0 Å². The second-order valence-electron chi connectivity index (χ2n) is 7.30. The lowest BCUT2D eigenvalue weighted by atomic mass is 9.96. The Morgan fingerprint density at radius 2 is 1.92 bits per heavy atom. The minimum Gasteiger partial charge on any atom is -0.496 e. The van der Waals surface area contributed by atoms with Gasteiger partial charge in [-0.15, -0.1) is 0 Å². The van der Waals surface area contributed by atoms with Gasteiger partial charge < -0.3 is 9.64 Å². The zero-order valence-electron chi connectivity index (χ0n) is 14.9. The molecular formula is C20H25N3O2. The number of amides is 1. The molecule has 5 heteroatoms. The number of hydrogen-bond acceptors (Lipinski definition) is 3. The molecule has 1 aromatic heterocycles. The van der Waals surface area contributed by atoms with Crippen LogP contribution >= 0.6 is 0 Å². The van der Waals surface area contributed by atoms with Crippen LogP contribution in [0.3, 0.4) is 0 Å². The van der Waals surface area contributed by atoms with Crippen LogP contribution in [0.15, 0.2) is 36.7 Å². The Hall–Kier alpha value is -2.30. The average Bonchev–Trinajstić information content (AvgIpc) is 3.16. The minimum atomic E-state index is 0.229. The molecule has 0 radical (unpaired) electrons. The third-order valence-electron chi connectivity index (χ3n) is 5.64. The fourth-order valence-corrected chi connectivity index (χ4v) is 4.51. The van der Waals surface area contributed by atoms with Crippen LogP contribution in [-0.4, -0.2) is 39.8 Å². The molecule has 1 amide bonds. The Labute approximate surface area is 148 Å². The predicted octanol–water partition coefficient (Wildman–Crippen LogP) is 3.14. The van der Waals surface area contributed by atoms with Crippen LogP contribution in [0.1, 0.15) is 42.9 Å². The molecular weight excluding hydrogens is 314 g/mol. The van der Waals surface area contributed by atoms with E-state index in [4.69, 9.17) is 4.74 Å². The number of fused-ring (bicyclic) bond motifs is 2. The van der Waals surface area contributed by atoms with E-state index >= 15 is 0 Å². The van der Waals surface area contributed by atoms with Crippen molar-refractivity contribution in [3.05, 3.63) is 47.8 Å². The van der Waals surface area contributed by atoms with Gasteiger partial charge in [-0.05, 0) is 44.2 Å². The van der Waals surface area contributed by atoms with Crippen LogP contribution in [0.5, 0.6) is 5.75 Å². The third-order valence-corrected chi connectivity index (χ3v) is 5.64. The van der Waals surface area contributed by atoms with Crippen molar-refractivity contribution in [2.45, 2.75) is 57.2 Å². The van der Waals surface area contributed by atoms with Gasteiger partial charge in [-0.3, -0.25) is 9.48 Å². The normalized spacial score (nSPS) is 25.2. The monoisotopic (exact) mass is 339 g/mol. The number of piperidine rings is 1. The zero-order chi connectivity index (χ0) is 17.4. The van der Waals surface area contributed by atoms with Gasteiger partial charge in [0.25, 0.3) is 0 Å². The van der Waals surface area contributed by atoms with Gasteiger partial charge in [0.1, 0.15) is 5.75 Å². The molecule has 2 fully saturated rings. The first kappa shape index (κ1) is 16.2. The summed E-state index contributed by atoms with van der Waals surface area (Å²) in [6, 6.07) is 8.91. The quantitative estimate of drug-likeness (QED) is 0.860. The van der Waals surface area contributed by atoms with E-state index in [1.807, 2.05) is 30.5 Å². The number of methoxy groups -OCH3 is 1. The van der Waals surface area contributed by atoms with Crippen molar-refractivity contribution in [3.8, 4) is 5.75 Å². The van der Waals surface area contributed by atoms with Crippen molar-refractivity contribution in [2.75, 3.05) is 7.11 Å². The smallest absolute Gasteiger partial charge is 0.227 e. The molecule has 0 N–H and O–H groups in total. The number of benzene rings is 1. The standard InChI is InChI=1S/C20H25N3O2/c1-14-12-21-22(13-14)18-10-16-7-8-17(11-18)23(16)20(24)9-15-5-3-4-6-19(15)25-2/h3-6,12-13,16-18H,7-11H2,1-2H3. The molecule has 132 valence electrons. The number of ether oxygens (including phenoxy) is 1. The molecule has 2 unspecified atom stereocenters. The Balaban J connectivity index is 1.48. The summed E-state index contributed by atoms with van der Waals surface area (Å²) in [4.78, 5) is 15.1. The van der Waals surface area contributed by atoms with Gasteiger partial charge in [0.2, 0.25) is 5.91 Å². The highest BCUT2D eigenvalue weighted by Gasteiger charge is 2.43. The third kappa shape index (κ3) is 3.03. The summed E-state index contributed by atoms with van der Waals surface area (Å²) >= 11 is 0. The number of hydrogen-bond donors (Lipinski definition) is 0. The van der Waals surface area contributed by atoms with Gasteiger partial charge in [0.15, 0.2) is 0 Å². The summed E-state index contributed by atoms with van der Waals surface area (Å²) in [5.74, 6) is 1.03. The fourth-order valence-electron chi connectivity index (χ4n) is 4.51. The fraction of sp³-hybridized carbons (Fsp3) is 0.500. The first-order chi connectivity index (χ1) is 12.2. The average molecular weight is 339 g/mol. The highest BCUT2D eigenvalue weighted by atomic mass is 16.5. The van der Waals surface area contributed by atoms with Crippen LogP contribution in [0.25, 0.3) is 0 Å². The molecule has 3 heterocycles. The van der Waals surface area contributed by atoms with E-state index in [0.29, 0.717) is 24.5 Å². The maximum atomic E-state index is 13.0. The second-order valence-corrected chi connectivity index (χ2v) is 7.30. The van der Waals surface area contributed by atoms with E-state index in [0.717, 1.165) is 37.0 Å². The number of aromatic nitrogens is 2. The molecule has 0 aliphatic carbocycles. The van der Waals surface area contributed by atoms with Crippen LogP contribution in [-0.2, 0) is 11.2 Å². The summed E-state index contributed by atoms with van der Waals surface area (Å²) in [6.45, 7) is 2.07. The summed E-state index contributed by atoms with van der Waals surface area (Å²) in [5, 5.41) is 4.49. The number of rotatable bonds is 4. The predicted molar refractivity (Wildman–Crippen MR) is 95.6 cm³/mol. The number of para-hydroxylation sites is 1. The highest BCUT2D eigenvalue weighted by Crippen LogP contribution is 2.41. The maximum Gasteiger partial charge on any atom is 0.227 e. The van der Waals surface area contributed by atoms with Gasteiger partial charge in [-0.25, -0.2) is 0 Å². The van der Waals surface area contributed by atoms with E-state index in [9.17, 15) is 4.79 Å². The first-order valence-electron chi connectivity index (χ1n) is 9.09. The maximum absolute atomic E-state index is 13.0. The summed E-state index contributed by atoms with van der Waals surface area (Å²) < 4.78 is 7.50. The zero-order valence-corrected chi connectivity index (χ0v) is 14.9. The molecule has 4 rings (SSSR count). The van der Waals surface area contributed by atoms with Crippen molar-refractivity contribution in [1.29, 1.82) is 0 Å². The minimum absolute atomic E-state index is 0.229. The lowest BCUT2D eigenvalue weighted by Crippen LogP contribution is -2.47. The molecule has 2 aromatic rings. The van der Waals surface area contributed by atoms with Gasteiger partial charge in [-0.1, -0.05) is 18.2 Å². The number of nitrogens with zero attached hydrogens (tertiary/aromatic N) is 3. The van der Waals surface area contributed by atoms with Crippen molar-refractivity contribution in [1.82, 2.24) is 14.7 Å². The van der Waals surface area contributed by atoms with E-state index in [1.54, 1.807) is 7.11 Å². The summed E-state index contributed by atoms with van der Waals surface area (Å²) in [5.41, 5.74) is 2.17. The molecule has 1 aromatic carbocycles. The molecule has 0 spiro atoms. The molecule has 2 aliphatic heterocycles. The van der Waals surface area contributed by atoms with Crippen LogP contribution in [0, 0.1) is 6.92 Å². The van der Waals surface area contributed by atoms with Crippen LogP contribution in [0.4, 0.5) is 0 Å². The van der Waals surface area contributed by atoms with Crippen molar-refractivity contribution < 1.29 is 9.53 Å².